The standard InChI is InChI=1S/C20H32N2O3S/c1-15-8-9-16(2)17(14-15)25-13-6-10-20(3,4)18(23)22-19(26)21-11-7-12-24-5/h8-9,14H,6-7,10-13H2,1-5H3,(H2,21,22,23,26). The van der Waals surface area contributed by atoms with E-state index in [-0.39, 0.29) is 5.91 Å². The monoisotopic (exact) mass is 380 g/mol. The minimum absolute atomic E-state index is 0.0755. The summed E-state index contributed by atoms with van der Waals surface area (Å²) in [6.07, 6.45) is 2.35. The summed E-state index contributed by atoms with van der Waals surface area (Å²) in [6.45, 7) is 9.85. The predicted octanol–water partition coefficient (Wildman–Crippen LogP) is 3.52. The molecule has 1 aromatic carbocycles. The van der Waals surface area contributed by atoms with E-state index in [1.54, 1.807) is 7.11 Å². The molecule has 1 rings (SSSR count). The largest absolute Gasteiger partial charge is 0.493 e. The van der Waals surface area contributed by atoms with Crippen LogP contribution in [0.2, 0.25) is 0 Å². The highest BCUT2D eigenvalue weighted by Crippen LogP contribution is 2.24. The van der Waals surface area contributed by atoms with Crippen LogP contribution in [-0.4, -0.2) is 37.9 Å². The molecule has 0 fully saturated rings. The normalized spacial score (nSPS) is 11.1. The Bertz CT molecular complexity index is 603. The van der Waals surface area contributed by atoms with E-state index in [1.165, 1.54) is 5.56 Å². The molecular formula is C20H32N2O3S. The summed E-state index contributed by atoms with van der Waals surface area (Å²) in [5.41, 5.74) is 1.79. The van der Waals surface area contributed by atoms with Gasteiger partial charge in [-0.3, -0.25) is 4.79 Å². The summed E-state index contributed by atoms with van der Waals surface area (Å²) >= 11 is 5.17. The molecule has 2 N–H and O–H groups in total. The van der Waals surface area contributed by atoms with Gasteiger partial charge in [-0.25, -0.2) is 0 Å². The number of aryl methyl sites for hydroxylation is 2. The molecule has 0 heterocycles. The fourth-order valence-corrected chi connectivity index (χ4v) is 2.60. The Balaban J connectivity index is 2.34. The number of ether oxygens (including phenoxy) is 2. The van der Waals surface area contributed by atoms with E-state index in [1.807, 2.05) is 33.8 Å². The van der Waals surface area contributed by atoms with Crippen LogP contribution in [0.4, 0.5) is 0 Å². The molecule has 0 radical (unpaired) electrons. The Hall–Kier alpha value is -1.66. The molecule has 5 nitrogen and oxygen atoms in total. The molecule has 0 spiro atoms. The van der Waals surface area contributed by atoms with E-state index in [9.17, 15) is 4.79 Å². The molecule has 1 amide bonds. The number of thiocarbonyl (C=S) groups is 1. The third-order valence-electron chi connectivity index (χ3n) is 4.20. The topological polar surface area (TPSA) is 59.6 Å². The van der Waals surface area contributed by atoms with Crippen molar-refractivity contribution in [3.63, 3.8) is 0 Å². The lowest BCUT2D eigenvalue weighted by molar-refractivity contribution is -0.128. The van der Waals surface area contributed by atoms with Gasteiger partial charge in [0.1, 0.15) is 5.75 Å². The minimum Gasteiger partial charge on any atom is -0.493 e. The van der Waals surface area contributed by atoms with E-state index < -0.39 is 5.41 Å². The Morgan fingerprint density at radius 1 is 1.19 bits per heavy atom. The second-order valence-electron chi connectivity index (χ2n) is 7.16. The van der Waals surface area contributed by atoms with Gasteiger partial charge in [-0.05, 0) is 62.5 Å². The molecule has 1 aromatic rings. The lowest BCUT2D eigenvalue weighted by Gasteiger charge is -2.24. The quantitative estimate of drug-likeness (QED) is 0.480. The average Bonchev–Trinajstić information content (AvgIpc) is 2.58. The first kappa shape index (κ1) is 22.4. The lowest BCUT2D eigenvalue weighted by atomic mass is 9.87. The van der Waals surface area contributed by atoms with Gasteiger partial charge in [-0.2, -0.15) is 0 Å². The third kappa shape index (κ3) is 8.15. The maximum Gasteiger partial charge on any atom is 0.231 e. The van der Waals surface area contributed by atoms with Crippen molar-refractivity contribution >= 4 is 23.2 Å². The lowest BCUT2D eigenvalue weighted by Crippen LogP contribution is -2.45. The van der Waals surface area contributed by atoms with Crippen LogP contribution in [-0.2, 0) is 9.53 Å². The predicted molar refractivity (Wildman–Crippen MR) is 110 cm³/mol. The molecular weight excluding hydrogens is 348 g/mol. The number of methoxy groups -OCH3 is 1. The zero-order chi connectivity index (χ0) is 19.6. The van der Waals surface area contributed by atoms with Crippen molar-refractivity contribution in [2.24, 2.45) is 5.41 Å². The van der Waals surface area contributed by atoms with Crippen LogP contribution >= 0.6 is 12.2 Å². The number of amides is 1. The molecule has 0 aliphatic heterocycles. The number of carbonyl (C=O) groups excluding carboxylic acids is 1. The maximum atomic E-state index is 12.4. The summed E-state index contributed by atoms with van der Waals surface area (Å²) in [7, 11) is 1.66. The number of benzene rings is 1. The van der Waals surface area contributed by atoms with Crippen LogP contribution in [0, 0.1) is 19.3 Å². The molecule has 0 saturated heterocycles. The first-order valence-electron chi connectivity index (χ1n) is 9.04. The molecule has 26 heavy (non-hydrogen) atoms. The van der Waals surface area contributed by atoms with E-state index in [0.29, 0.717) is 24.9 Å². The molecule has 0 atom stereocenters. The molecule has 0 saturated carbocycles. The van der Waals surface area contributed by atoms with E-state index >= 15 is 0 Å². The summed E-state index contributed by atoms with van der Waals surface area (Å²) in [5, 5.41) is 6.15. The molecule has 0 unspecified atom stereocenters. The first-order chi connectivity index (χ1) is 12.3. The van der Waals surface area contributed by atoms with E-state index in [2.05, 4.69) is 22.8 Å². The molecule has 146 valence electrons. The zero-order valence-corrected chi connectivity index (χ0v) is 17.4. The highest BCUT2D eigenvalue weighted by molar-refractivity contribution is 7.80. The average molecular weight is 381 g/mol. The number of hydrogen-bond donors (Lipinski definition) is 2. The van der Waals surface area contributed by atoms with Gasteiger partial charge in [-0.15, -0.1) is 0 Å². The van der Waals surface area contributed by atoms with Crippen molar-refractivity contribution in [1.82, 2.24) is 10.6 Å². The summed E-state index contributed by atoms with van der Waals surface area (Å²) in [5.74, 6) is 0.835. The summed E-state index contributed by atoms with van der Waals surface area (Å²) in [4.78, 5) is 12.4. The summed E-state index contributed by atoms with van der Waals surface area (Å²) in [6, 6.07) is 6.17. The number of carbonyl (C=O) groups is 1. The van der Waals surface area contributed by atoms with Crippen molar-refractivity contribution in [3.8, 4) is 5.75 Å². The van der Waals surface area contributed by atoms with Crippen LogP contribution in [0.1, 0.15) is 44.2 Å². The zero-order valence-electron chi connectivity index (χ0n) is 16.6. The molecule has 0 aliphatic rings. The SMILES string of the molecule is COCCCNC(=S)NC(=O)C(C)(C)CCCOc1cc(C)ccc1C. The fourth-order valence-electron chi connectivity index (χ4n) is 2.41. The van der Waals surface area contributed by atoms with Crippen LogP contribution in [0.25, 0.3) is 0 Å². The smallest absolute Gasteiger partial charge is 0.231 e. The van der Waals surface area contributed by atoms with Crippen LogP contribution < -0.4 is 15.4 Å². The number of hydrogen-bond acceptors (Lipinski definition) is 4. The van der Waals surface area contributed by atoms with Gasteiger partial charge in [0.25, 0.3) is 0 Å². The first-order valence-corrected chi connectivity index (χ1v) is 9.45. The molecule has 0 bridgehead atoms. The number of nitrogens with one attached hydrogen (secondary N) is 2. The van der Waals surface area contributed by atoms with Crippen LogP contribution in [0.3, 0.4) is 0 Å². The van der Waals surface area contributed by atoms with Gasteiger partial charge < -0.3 is 20.1 Å². The van der Waals surface area contributed by atoms with Crippen LogP contribution in [0.5, 0.6) is 5.75 Å². The van der Waals surface area contributed by atoms with E-state index in [0.717, 1.165) is 30.6 Å². The Kier molecular flexibility index (Phi) is 9.59. The highest BCUT2D eigenvalue weighted by Gasteiger charge is 2.27. The van der Waals surface area contributed by atoms with E-state index in [4.69, 9.17) is 21.7 Å². The maximum absolute atomic E-state index is 12.4. The van der Waals surface area contributed by atoms with Crippen molar-refractivity contribution in [3.05, 3.63) is 29.3 Å². The van der Waals surface area contributed by atoms with Crippen molar-refractivity contribution in [2.75, 3.05) is 26.9 Å². The second kappa shape index (κ2) is 11.1. The highest BCUT2D eigenvalue weighted by atomic mass is 32.1. The fraction of sp³-hybridized carbons (Fsp3) is 0.600. The van der Waals surface area contributed by atoms with Crippen molar-refractivity contribution in [1.29, 1.82) is 0 Å². The second-order valence-corrected chi connectivity index (χ2v) is 7.57. The third-order valence-corrected chi connectivity index (χ3v) is 4.45. The Labute approximate surface area is 162 Å². The number of rotatable bonds is 10. The Morgan fingerprint density at radius 2 is 1.92 bits per heavy atom. The molecule has 6 heteroatoms. The van der Waals surface area contributed by atoms with Gasteiger partial charge in [0, 0.05) is 25.7 Å². The molecule has 0 aliphatic carbocycles. The van der Waals surface area contributed by atoms with Crippen molar-refractivity contribution < 1.29 is 14.3 Å². The molecule has 0 aromatic heterocycles. The minimum atomic E-state index is -0.511. The van der Waals surface area contributed by atoms with Gasteiger partial charge >= 0.3 is 0 Å². The van der Waals surface area contributed by atoms with Gasteiger partial charge in [0.15, 0.2) is 5.11 Å². The van der Waals surface area contributed by atoms with Gasteiger partial charge in [0.05, 0.1) is 6.61 Å². The van der Waals surface area contributed by atoms with Gasteiger partial charge in [0.2, 0.25) is 5.91 Å². The van der Waals surface area contributed by atoms with Gasteiger partial charge in [-0.1, -0.05) is 26.0 Å². The summed E-state index contributed by atoms with van der Waals surface area (Å²) < 4.78 is 10.8. The van der Waals surface area contributed by atoms with Crippen LogP contribution in [0.15, 0.2) is 18.2 Å². The van der Waals surface area contributed by atoms with Crippen molar-refractivity contribution in [2.45, 2.75) is 47.0 Å². The Morgan fingerprint density at radius 3 is 2.62 bits per heavy atom.